The summed E-state index contributed by atoms with van der Waals surface area (Å²) < 4.78 is 11.6. The Balaban J connectivity index is 1.81. The van der Waals surface area contributed by atoms with Gasteiger partial charge in [-0.3, -0.25) is 0 Å². The molecule has 1 saturated carbocycles. The molecule has 1 heterocycles. The topological polar surface area (TPSA) is 30.5 Å². The maximum absolute atomic E-state index is 5.96. The first-order valence-electron chi connectivity index (χ1n) is 5.81. The molecule has 0 spiro atoms. The van der Waals surface area contributed by atoms with Crippen molar-refractivity contribution >= 4 is 0 Å². The second kappa shape index (κ2) is 4.60. The molecule has 0 aromatic rings. The van der Waals surface area contributed by atoms with Crippen LogP contribution < -0.4 is 5.32 Å². The normalized spacial score (nSPS) is 34.7. The molecule has 2 rings (SSSR count). The van der Waals surface area contributed by atoms with Gasteiger partial charge in [0.15, 0.2) is 0 Å². The minimum atomic E-state index is 0.270. The van der Waals surface area contributed by atoms with Gasteiger partial charge in [-0.05, 0) is 39.7 Å². The van der Waals surface area contributed by atoms with Crippen molar-refractivity contribution in [1.82, 2.24) is 5.32 Å². The molecule has 3 atom stereocenters. The van der Waals surface area contributed by atoms with E-state index in [-0.39, 0.29) is 6.10 Å². The van der Waals surface area contributed by atoms with Crippen LogP contribution in [0, 0.1) is 0 Å². The Morgan fingerprint density at radius 3 is 2.79 bits per heavy atom. The number of rotatable bonds is 5. The third kappa shape index (κ3) is 2.47. The third-order valence-corrected chi connectivity index (χ3v) is 3.04. The molecular weight excluding hydrogens is 178 g/mol. The summed E-state index contributed by atoms with van der Waals surface area (Å²) in [7, 11) is 0. The van der Waals surface area contributed by atoms with E-state index in [4.69, 9.17) is 9.47 Å². The van der Waals surface area contributed by atoms with Gasteiger partial charge in [0.1, 0.15) is 0 Å². The van der Waals surface area contributed by atoms with Crippen LogP contribution >= 0.6 is 0 Å². The Morgan fingerprint density at radius 2 is 2.14 bits per heavy atom. The van der Waals surface area contributed by atoms with Crippen molar-refractivity contribution in [3.05, 3.63) is 0 Å². The molecule has 1 N–H and O–H groups in total. The first-order valence-corrected chi connectivity index (χ1v) is 5.81. The highest BCUT2D eigenvalue weighted by molar-refractivity contribution is 4.91. The number of hydrogen-bond donors (Lipinski definition) is 1. The first-order chi connectivity index (χ1) is 6.81. The van der Waals surface area contributed by atoms with E-state index in [1.165, 1.54) is 12.8 Å². The first kappa shape index (κ1) is 10.4. The summed E-state index contributed by atoms with van der Waals surface area (Å²) in [4.78, 5) is 0. The smallest absolute Gasteiger partial charge is 0.0769 e. The molecular formula is C11H21NO2. The van der Waals surface area contributed by atoms with E-state index in [9.17, 15) is 0 Å². The molecule has 2 aliphatic rings. The number of ether oxygens (including phenoxy) is 2. The molecule has 1 aliphatic heterocycles. The van der Waals surface area contributed by atoms with E-state index in [1.807, 2.05) is 6.92 Å². The van der Waals surface area contributed by atoms with Gasteiger partial charge in [-0.2, -0.15) is 0 Å². The van der Waals surface area contributed by atoms with Crippen LogP contribution in [-0.2, 0) is 9.47 Å². The molecule has 82 valence electrons. The molecule has 0 unspecified atom stereocenters. The van der Waals surface area contributed by atoms with Crippen molar-refractivity contribution in [1.29, 1.82) is 0 Å². The van der Waals surface area contributed by atoms with Crippen molar-refractivity contribution in [2.24, 2.45) is 0 Å². The second-order valence-electron chi connectivity index (χ2n) is 4.30. The maximum Gasteiger partial charge on any atom is 0.0769 e. The van der Waals surface area contributed by atoms with E-state index in [1.54, 1.807) is 0 Å². The third-order valence-electron chi connectivity index (χ3n) is 3.04. The fourth-order valence-corrected chi connectivity index (χ4v) is 2.14. The van der Waals surface area contributed by atoms with E-state index in [0.29, 0.717) is 18.2 Å². The summed E-state index contributed by atoms with van der Waals surface area (Å²) in [6.45, 7) is 6.03. The highest BCUT2D eigenvalue weighted by Gasteiger charge is 2.36. The Labute approximate surface area is 86.2 Å². The van der Waals surface area contributed by atoms with E-state index in [2.05, 4.69) is 12.2 Å². The van der Waals surface area contributed by atoms with Gasteiger partial charge in [0.05, 0.1) is 24.4 Å². The Morgan fingerprint density at radius 1 is 1.36 bits per heavy atom. The van der Waals surface area contributed by atoms with Crippen molar-refractivity contribution in [2.75, 3.05) is 13.2 Å². The highest BCUT2D eigenvalue weighted by Crippen LogP contribution is 2.29. The lowest BCUT2D eigenvalue weighted by Gasteiger charge is -2.25. The summed E-state index contributed by atoms with van der Waals surface area (Å²) >= 11 is 0. The van der Waals surface area contributed by atoms with Gasteiger partial charge < -0.3 is 14.8 Å². The monoisotopic (exact) mass is 199 g/mol. The Kier molecular flexibility index (Phi) is 3.42. The molecule has 0 bridgehead atoms. The summed E-state index contributed by atoms with van der Waals surface area (Å²) in [6, 6.07) is 0.399. The fraction of sp³-hybridized carbons (Fsp3) is 1.00. The lowest BCUT2D eigenvalue weighted by atomic mass is 10.1. The molecule has 0 aromatic heterocycles. The summed E-state index contributed by atoms with van der Waals surface area (Å²) in [6.07, 6.45) is 4.85. The van der Waals surface area contributed by atoms with Gasteiger partial charge >= 0.3 is 0 Å². The van der Waals surface area contributed by atoms with Crippen LogP contribution in [0.1, 0.15) is 33.1 Å². The van der Waals surface area contributed by atoms with E-state index in [0.717, 1.165) is 19.6 Å². The number of nitrogens with one attached hydrogen (secondary N) is 1. The quantitative estimate of drug-likeness (QED) is 0.724. The van der Waals surface area contributed by atoms with Gasteiger partial charge in [0, 0.05) is 6.61 Å². The van der Waals surface area contributed by atoms with Gasteiger partial charge in [-0.1, -0.05) is 0 Å². The minimum Gasteiger partial charge on any atom is -0.377 e. The molecule has 0 radical (unpaired) electrons. The van der Waals surface area contributed by atoms with E-state index >= 15 is 0 Å². The van der Waals surface area contributed by atoms with E-state index < -0.39 is 0 Å². The van der Waals surface area contributed by atoms with Crippen molar-refractivity contribution < 1.29 is 9.47 Å². The largest absolute Gasteiger partial charge is 0.377 e. The van der Waals surface area contributed by atoms with Crippen LogP contribution in [0.25, 0.3) is 0 Å². The molecule has 3 nitrogen and oxygen atoms in total. The lowest BCUT2D eigenvalue weighted by Crippen LogP contribution is -2.43. The highest BCUT2D eigenvalue weighted by atomic mass is 16.5. The van der Waals surface area contributed by atoms with Crippen LogP contribution in [0.5, 0.6) is 0 Å². The molecule has 1 saturated heterocycles. The average Bonchev–Trinajstić information content (AvgIpc) is 2.82. The van der Waals surface area contributed by atoms with Crippen molar-refractivity contribution in [2.45, 2.75) is 57.5 Å². The second-order valence-corrected chi connectivity index (χ2v) is 4.30. The SMILES string of the molecule is CCO[C@@H](C)[C@H]1NCC[C@@H]1OC1CC1. The van der Waals surface area contributed by atoms with Crippen LogP contribution in [-0.4, -0.2) is 37.5 Å². The van der Waals surface area contributed by atoms with Gasteiger partial charge in [-0.15, -0.1) is 0 Å². The Bertz CT molecular complexity index is 182. The van der Waals surface area contributed by atoms with Crippen molar-refractivity contribution in [3.8, 4) is 0 Å². The standard InChI is InChI=1S/C11H21NO2/c1-3-13-8(2)11-10(6-7-12-11)14-9-4-5-9/h8-12H,3-7H2,1-2H3/t8-,10-,11+/m0/s1. The summed E-state index contributed by atoms with van der Waals surface area (Å²) in [5.74, 6) is 0. The van der Waals surface area contributed by atoms with Gasteiger partial charge in [0.25, 0.3) is 0 Å². The molecule has 1 aliphatic carbocycles. The molecule has 0 aromatic carbocycles. The Hall–Kier alpha value is -0.120. The van der Waals surface area contributed by atoms with Gasteiger partial charge in [0.2, 0.25) is 0 Å². The molecule has 2 fully saturated rings. The van der Waals surface area contributed by atoms with Gasteiger partial charge in [-0.25, -0.2) is 0 Å². The predicted molar refractivity (Wildman–Crippen MR) is 55.4 cm³/mol. The zero-order valence-electron chi connectivity index (χ0n) is 9.16. The van der Waals surface area contributed by atoms with Crippen molar-refractivity contribution in [3.63, 3.8) is 0 Å². The minimum absolute atomic E-state index is 0.270. The van der Waals surface area contributed by atoms with Crippen LogP contribution in [0.15, 0.2) is 0 Å². The van der Waals surface area contributed by atoms with Crippen LogP contribution in [0.2, 0.25) is 0 Å². The maximum atomic E-state index is 5.96. The predicted octanol–water partition coefficient (Wildman–Crippen LogP) is 1.32. The molecule has 14 heavy (non-hydrogen) atoms. The molecule has 3 heteroatoms. The fourth-order valence-electron chi connectivity index (χ4n) is 2.14. The zero-order valence-corrected chi connectivity index (χ0v) is 9.16. The average molecular weight is 199 g/mol. The van der Waals surface area contributed by atoms with Crippen LogP contribution in [0.4, 0.5) is 0 Å². The molecule has 0 amide bonds. The zero-order chi connectivity index (χ0) is 9.97. The summed E-state index contributed by atoms with van der Waals surface area (Å²) in [5, 5.41) is 3.47. The number of hydrogen-bond acceptors (Lipinski definition) is 3. The summed E-state index contributed by atoms with van der Waals surface area (Å²) in [5.41, 5.74) is 0. The van der Waals surface area contributed by atoms with Crippen LogP contribution in [0.3, 0.4) is 0 Å². The lowest BCUT2D eigenvalue weighted by molar-refractivity contribution is -0.0240.